The van der Waals surface area contributed by atoms with Crippen LogP contribution >= 0.6 is 0 Å². The smallest absolute Gasteiger partial charge is 0.161 e. The number of hydrogen-bond acceptors (Lipinski definition) is 4. The van der Waals surface area contributed by atoms with E-state index < -0.39 is 0 Å². The van der Waals surface area contributed by atoms with E-state index in [9.17, 15) is 5.11 Å². The number of methoxy groups -OCH3 is 1. The van der Waals surface area contributed by atoms with Crippen LogP contribution < -0.4 is 4.74 Å². The molecule has 122 valence electrons. The summed E-state index contributed by atoms with van der Waals surface area (Å²) in [5.74, 6) is 1.52. The van der Waals surface area contributed by atoms with Crippen LogP contribution in [0.1, 0.15) is 17.5 Å². The van der Waals surface area contributed by atoms with Gasteiger partial charge in [-0.05, 0) is 51.0 Å². The van der Waals surface area contributed by atoms with E-state index in [2.05, 4.69) is 36.5 Å². The van der Waals surface area contributed by atoms with Crippen molar-refractivity contribution in [3.63, 3.8) is 0 Å². The molecule has 22 heavy (non-hydrogen) atoms. The molecular weight excluding hydrogens is 276 g/mol. The molecule has 0 bridgehead atoms. The molecular formula is C18H28N2O2. The summed E-state index contributed by atoms with van der Waals surface area (Å²) in [7, 11) is 5.94. The van der Waals surface area contributed by atoms with E-state index in [1.807, 2.05) is 6.07 Å². The third kappa shape index (κ3) is 4.24. The molecule has 4 heteroatoms. The largest absolute Gasteiger partial charge is 0.504 e. The summed E-state index contributed by atoms with van der Waals surface area (Å²) in [5, 5.41) is 10.1. The molecule has 1 fully saturated rings. The summed E-state index contributed by atoms with van der Waals surface area (Å²) in [6.07, 6.45) is 3.73. The van der Waals surface area contributed by atoms with Crippen molar-refractivity contribution in [3.8, 4) is 11.5 Å². The van der Waals surface area contributed by atoms with E-state index in [0.29, 0.717) is 12.2 Å². The maximum absolute atomic E-state index is 10.1. The van der Waals surface area contributed by atoms with Crippen LogP contribution in [0.3, 0.4) is 0 Å². The van der Waals surface area contributed by atoms with Gasteiger partial charge in [-0.25, -0.2) is 0 Å². The topological polar surface area (TPSA) is 35.9 Å². The van der Waals surface area contributed by atoms with Crippen LogP contribution in [0.5, 0.6) is 11.5 Å². The average molecular weight is 304 g/mol. The summed E-state index contributed by atoms with van der Waals surface area (Å²) in [4.78, 5) is 4.75. The number of likely N-dealkylation sites (tertiary alicyclic amines) is 1. The molecule has 0 aromatic heterocycles. The molecule has 1 heterocycles. The van der Waals surface area contributed by atoms with Crippen LogP contribution in [0.15, 0.2) is 24.8 Å². The van der Waals surface area contributed by atoms with Crippen LogP contribution in [0, 0.1) is 5.92 Å². The fourth-order valence-corrected chi connectivity index (χ4v) is 3.28. The number of phenolic OH excluding ortho intramolecular Hbond substituents is 1. The summed E-state index contributed by atoms with van der Waals surface area (Å²) in [6, 6.07) is 3.98. The Kier molecular flexibility index (Phi) is 5.86. The van der Waals surface area contributed by atoms with Gasteiger partial charge < -0.3 is 19.6 Å². The van der Waals surface area contributed by atoms with E-state index in [0.717, 1.165) is 24.6 Å². The Morgan fingerprint density at radius 2 is 2.27 bits per heavy atom. The second kappa shape index (κ2) is 7.65. The highest BCUT2D eigenvalue weighted by atomic mass is 16.5. The Hall–Kier alpha value is -1.52. The number of ether oxygens (including phenoxy) is 1. The fourth-order valence-electron chi connectivity index (χ4n) is 3.28. The molecule has 1 aliphatic heterocycles. The van der Waals surface area contributed by atoms with E-state index in [-0.39, 0.29) is 5.75 Å². The van der Waals surface area contributed by atoms with E-state index in [1.54, 1.807) is 13.2 Å². The van der Waals surface area contributed by atoms with Gasteiger partial charge in [0.1, 0.15) is 0 Å². The molecule has 1 N–H and O–H groups in total. The van der Waals surface area contributed by atoms with Gasteiger partial charge in [-0.3, -0.25) is 0 Å². The van der Waals surface area contributed by atoms with Gasteiger partial charge >= 0.3 is 0 Å². The standard InChI is InChI=1S/C18H28N2O2/c1-5-6-16-9-15(10-17(22-4)18(16)21)13-20(3)12-14-7-8-19(2)11-14/h5,9-10,14,21H,1,6-8,11-13H2,2-4H3/t14-/m0/s1. The first-order valence-corrected chi connectivity index (χ1v) is 7.90. The van der Waals surface area contributed by atoms with E-state index in [1.165, 1.54) is 25.1 Å². The normalized spacial score (nSPS) is 18.8. The third-order valence-electron chi connectivity index (χ3n) is 4.31. The van der Waals surface area contributed by atoms with Gasteiger partial charge in [-0.15, -0.1) is 6.58 Å². The maximum atomic E-state index is 10.1. The van der Waals surface area contributed by atoms with Crippen LogP contribution in [0.2, 0.25) is 0 Å². The maximum Gasteiger partial charge on any atom is 0.161 e. The average Bonchev–Trinajstić information content (AvgIpc) is 2.87. The molecule has 1 aromatic rings. The van der Waals surface area contributed by atoms with Gasteiger partial charge in [-0.2, -0.15) is 0 Å². The monoisotopic (exact) mass is 304 g/mol. The minimum absolute atomic E-state index is 0.228. The highest BCUT2D eigenvalue weighted by molar-refractivity contribution is 5.49. The predicted octanol–water partition coefficient (Wildman–Crippen LogP) is 2.51. The van der Waals surface area contributed by atoms with E-state index >= 15 is 0 Å². The number of aromatic hydroxyl groups is 1. The Morgan fingerprint density at radius 1 is 1.50 bits per heavy atom. The number of hydrogen-bond donors (Lipinski definition) is 1. The van der Waals surface area contributed by atoms with Crippen molar-refractivity contribution >= 4 is 0 Å². The molecule has 4 nitrogen and oxygen atoms in total. The fraction of sp³-hybridized carbons (Fsp3) is 0.556. The highest BCUT2D eigenvalue weighted by Gasteiger charge is 2.21. The molecule has 1 aromatic carbocycles. The van der Waals surface area contributed by atoms with Gasteiger partial charge in [-0.1, -0.05) is 12.1 Å². The minimum atomic E-state index is 0.228. The molecule has 0 radical (unpaired) electrons. The molecule has 1 saturated heterocycles. The van der Waals surface area contributed by atoms with Crippen LogP contribution in [0.25, 0.3) is 0 Å². The lowest BCUT2D eigenvalue weighted by atomic mass is 10.0. The molecule has 0 aliphatic carbocycles. The zero-order chi connectivity index (χ0) is 16.1. The molecule has 0 spiro atoms. The first-order chi connectivity index (χ1) is 10.5. The zero-order valence-electron chi connectivity index (χ0n) is 14.0. The molecule has 0 saturated carbocycles. The van der Waals surface area contributed by atoms with Crippen molar-refractivity contribution in [2.24, 2.45) is 5.92 Å². The second-order valence-corrected chi connectivity index (χ2v) is 6.41. The number of phenols is 1. The predicted molar refractivity (Wildman–Crippen MR) is 90.5 cm³/mol. The second-order valence-electron chi connectivity index (χ2n) is 6.41. The number of allylic oxidation sites excluding steroid dienone is 1. The zero-order valence-corrected chi connectivity index (χ0v) is 14.0. The Bertz CT molecular complexity index is 516. The molecule has 1 atom stereocenters. The summed E-state index contributed by atoms with van der Waals surface area (Å²) in [5.41, 5.74) is 2.04. The van der Waals surface area contributed by atoms with Crippen molar-refractivity contribution < 1.29 is 9.84 Å². The number of nitrogens with zero attached hydrogens (tertiary/aromatic N) is 2. The molecule has 1 aliphatic rings. The van der Waals surface area contributed by atoms with Crippen LogP contribution in [-0.4, -0.2) is 55.7 Å². The summed E-state index contributed by atoms with van der Waals surface area (Å²) < 4.78 is 5.29. The third-order valence-corrected chi connectivity index (χ3v) is 4.31. The first kappa shape index (κ1) is 16.8. The summed E-state index contributed by atoms with van der Waals surface area (Å²) in [6.45, 7) is 8.10. The van der Waals surface area contributed by atoms with Gasteiger partial charge in [0.25, 0.3) is 0 Å². The quantitative estimate of drug-likeness (QED) is 0.785. The van der Waals surface area contributed by atoms with Crippen molar-refractivity contribution in [1.29, 1.82) is 0 Å². The first-order valence-electron chi connectivity index (χ1n) is 7.90. The van der Waals surface area contributed by atoms with Crippen LogP contribution in [-0.2, 0) is 13.0 Å². The molecule has 2 rings (SSSR count). The van der Waals surface area contributed by atoms with Crippen molar-refractivity contribution in [1.82, 2.24) is 9.80 Å². The van der Waals surface area contributed by atoms with Crippen molar-refractivity contribution in [3.05, 3.63) is 35.9 Å². The Morgan fingerprint density at radius 3 is 2.86 bits per heavy atom. The Balaban J connectivity index is 2.04. The van der Waals surface area contributed by atoms with Crippen molar-refractivity contribution in [2.45, 2.75) is 19.4 Å². The highest BCUT2D eigenvalue weighted by Crippen LogP contribution is 2.32. The molecule has 0 unspecified atom stereocenters. The number of benzene rings is 1. The van der Waals surface area contributed by atoms with Crippen LogP contribution in [0.4, 0.5) is 0 Å². The molecule has 0 amide bonds. The summed E-state index contributed by atoms with van der Waals surface area (Å²) >= 11 is 0. The minimum Gasteiger partial charge on any atom is -0.504 e. The van der Waals surface area contributed by atoms with E-state index in [4.69, 9.17) is 4.74 Å². The lowest BCUT2D eigenvalue weighted by Gasteiger charge is -2.22. The van der Waals surface area contributed by atoms with Gasteiger partial charge in [0.2, 0.25) is 0 Å². The van der Waals surface area contributed by atoms with Crippen molar-refractivity contribution in [2.75, 3.05) is 40.8 Å². The van der Waals surface area contributed by atoms with Gasteiger partial charge in [0, 0.05) is 25.2 Å². The van der Waals surface area contributed by atoms with Gasteiger partial charge in [0.05, 0.1) is 7.11 Å². The Labute approximate surface area is 134 Å². The lowest BCUT2D eigenvalue weighted by Crippen LogP contribution is -2.27. The van der Waals surface area contributed by atoms with Gasteiger partial charge in [0.15, 0.2) is 11.5 Å². The number of rotatable bonds is 7. The SMILES string of the molecule is C=CCc1cc(CN(C)C[C@H]2CCN(C)C2)cc(OC)c1O. The lowest BCUT2D eigenvalue weighted by molar-refractivity contribution is 0.266.